The van der Waals surface area contributed by atoms with E-state index in [-0.39, 0.29) is 16.1 Å². The number of nitrogens with zero attached hydrogens (tertiary/aromatic N) is 3. The molecule has 16 heavy (non-hydrogen) atoms. The second kappa shape index (κ2) is 5.97. The van der Waals surface area contributed by atoms with Crippen molar-refractivity contribution in [2.75, 3.05) is 0 Å². The summed E-state index contributed by atoms with van der Waals surface area (Å²) in [5.74, 6) is -0.506. The lowest BCUT2D eigenvalue weighted by atomic mass is 10.1. The molecule has 0 saturated carbocycles. The van der Waals surface area contributed by atoms with E-state index < -0.39 is 5.82 Å². The van der Waals surface area contributed by atoms with Crippen LogP contribution in [0.3, 0.4) is 0 Å². The van der Waals surface area contributed by atoms with Gasteiger partial charge in [-0.1, -0.05) is 39.9 Å². The van der Waals surface area contributed by atoms with Crippen LogP contribution in [0.25, 0.3) is 15.5 Å². The smallest absolute Gasteiger partial charge is 0.126 e. The molecule has 0 aliphatic carbocycles. The molecule has 3 nitrogen and oxygen atoms in total. The summed E-state index contributed by atoms with van der Waals surface area (Å²) in [7, 11) is 0. The molecule has 0 radical (unpaired) electrons. The highest BCUT2D eigenvalue weighted by molar-refractivity contribution is 6.66. The average molecular weight is 281 g/mol. The SMILES string of the molecule is [N-]=[N+]=NCc1cc(F)cc(C(Cl)=C(Cl)Cl)c1. The van der Waals surface area contributed by atoms with Crippen molar-refractivity contribution >= 4 is 39.8 Å². The summed E-state index contributed by atoms with van der Waals surface area (Å²) >= 11 is 16.7. The molecule has 0 amide bonds. The molecule has 7 heteroatoms. The molecule has 1 aromatic rings. The molecule has 1 rings (SSSR count). The van der Waals surface area contributed by atoms with E-state index in [0.29, 0.717) is 11.1 Å². The Morgan fingerprint density at radius 2 is 2.00 bits per heavy atom. The fourth-order valence-corrected chi connectivity index (χ4v) is 1.42. The van der Waals surface area contributed by atoms with Crippen molar-refractivity contribution in [1.82, 2.24) is 0 Å². The number of halogens is 4. The third-order valence-corrected chi connectivity index (χ3v) is 2.67. The Hall–Kier alpha value is -0.930. The summed E-state index contributed by atoms with van der Waals surface area (Å²) in [4.78, 5) is 2.58. The monoisotopic (exact) mass is 279 g/mol. The van der Waals surface area contributed by atoms with Gasteiger partial charge in [0.1, 0.15) is 10.3 Å². The Morgan fingerprint density at radius 1 is 1.31 bits per heavy atom. The third-order valence-electron chi connectivity index (χ3n) is 1.69. The third kappa shape index (κ3) is 3.58. The Kier molecular flexibility index (Phi) is 4.90. The largest absolute Gasteiger partial charge is 0.207 e. The van der Waals surface area contributed by atoms with Crippen LogP contribution in [0.15, 0.2) is 27.8 Å². The molecule has 0 N–H and O–H groups in total. The van der Waals surface area contributed by atoms with Crippen LogP contribution in [0.5, 0.6) is 0 Å². The maximum atomic E-state index is 13.2. The highest BCUT2D eigenvalue weighted by Gasteiger charge is 2.06. The zero-order valence-corrected chi connectivity index (χ0v) is 10.1. The average Bonchev–Trinajstić information content (AvgIpc) is 2.24. The van der Waals surface area contributed by atoms with Gasteiger partial charge >= 0.3 is 0 Å². The van der Waals surface area contributed by atoms with Crippen LogP contribution in [0, 0.1) is 5.82 Å². The molecule has 0 unspecified atom stereocenters. The number of benzene rings is 1. The Bertz CT molecular complexity index is 477. The molecule has 0 aliphatic heterocycles. The molecule has 84 valence electrons. The van der Waals surface area contributed by atoms with E-state index in [1.54, 1.807) is 6.07 Å². The highest BCUT2D eigenvalue weighted by atomic mass is 35.5. The van der Waals surface area contributed by atoms with Gasteiger partial charge in [-0.05, 0) is 34.9 Å². The van der Waals surface area contributed by atoms with E-state index in [9.17, 15) is 4.39 Å². The predicted molar refractivity (Wildman–Crippen MR) is 63.7 cm³/mol. The molecule has 0 bridgehead atoms. The van der Waals surface area contributed by atoms with Crippen molar-refractivity contribution in [3.05, 3.63) is 50.1 Å². The maximum Gasteiger partial charge on any atom is 0.126 e. The number of azide groups is 1. The van der Waals surface area contributed by atoms with E-state index in [2.05, 4.69) is 10.0 Å². The number of hydrogen-bond acceptors (Lipinski definition) is 1. The molecule has 0 heterocycles. The second-order valence-electron chi connectivity index (χ2n) is 2.81. The number of rotatable bonds is 3. The lowest BCUT2D eigenvalue weighted by molar-refractivity contribution is 0.625. The first-order valence-corrected chi connectivity index (χ1v) is 5.19. The van der Waals surface area contributed by atoms with Gasteiger partial charge in [0.05, 0.1) is 11.6 Å². The van der Waals surface area contributed by atoms with E-state index >= 15 is 0 Å². The number of hydrogen-bond donors (Lipinski definition) is 0. The van der Waals surface area contributed by atoms with Crippen LogP contribution in [0.1, 0.15) is 11.1 Å². The maximum absolute atomic E-state index is 13.2. The molecule has 0 aliphatic rings. The molecule has 0 atom stereocenters. The van der Waals surface area contributed by atoms with Gasteiger partial charge in [-0.25, -0.2) is 4.39 Å². The summed E-state index contributed by atoms with van der Waals surface area (Å²) in [5.41, 5.74) is 8.97. The second-order valence-corrected chi connectivity index (χ2v) is 4.14. The van der Waals surface area contributed by atoms with Crippen molar-refractivity contribution in [1.29, 1.82) is 0 Å². The van der Waals surface area contributed by atoms with Crippen molar-refractivity contribution in [2.45, 2.75) is 6.54 Å². The first kappa shape index (κ1) is 13.1. The molecular formula is C9H5Cl3FN3. The minimum Gasteiger partial charge on any atom is -0.207 e. The van der Waals surface area contributed by atoms with Gasteiger partial charge in [0.25, 0.3) is 0 Å². The summed E-state index contributed by atoms with van der Waals surface area (Å²) in [5, 5.41) is 3.36. The first-order valence-electron chi connectivity index (χ1n) is 4.06. The quantitative estimate of drug-likeness (QED) is 0.426. The molecule has 0 aromatic heterocycles. The summed E-state index contributed by atoms with van der Waals surface area (Å²) < 4.78 is 13.0. The lowest BCUT2D eigenvalue weighted by Crippen LogP contribution is -1.88. The van der Waals surface area contributed by atoms with Crippen LogP contribution in [0.4, 0.5) is 4.39 Å². The van der Waals surface area contributed by atoms with Crippen molar-refractivity contribution < 1.29 is 4.39 Å². The van der Waals surface area contributed by atoms with Gasteiger partial charge in [0.15, 0.2) is 0 Å². The molecule has 0 fully saturated rings. The van der Waals surface area contributed by atoms with Gasteiger partial charge in [-0.2, -0.15) is 0 Å². The summed E-state index contributed by atoms with van der Waals surface area (Å²) in [6.45, 7) is 0.0331. The molecule has 1 aromatic carbocycles. The van der Waals surface area contributed by atoms with Crippen molar-refractivity contribution in [3.63, 3.8) is 0 Å². The van der Waals surface area contributed by atoms with E-state index in [1.165, 1.54) is 12.1 Å². The molecule has 0 spiro atoms. The minimum absolute atomic E-state index is 0.0331. The predicted octanol–water partition coefficient (Wildman–Crippen LogP) is 4.98. The van der Waals surface area contributed by atoms with E-state index in [4.69, 9.17) is 40.3 Å². The highest BCUT2D eigenvalue weighted by Crippen LogP contribution is 2.29. The van der Waals surface area contributed by atoms with E-state index in [0.717, 1.165) is 0 Å². The van der Waals surface area contributed by atoms with Gasteiger partial charge < -0.3 is 0 Å². The topological polar surface area (TPSA) is 48.8 Å². The van der Waals surface area contributed by atoms with Crippen molar-refractivity contribution in [2.24, 2.45) is 5.11 Å². The van der Waals surface area contributed by atoms with Gasteiger partial charge in [-0.3, -0.25) is 0 Å². The standard InChI is InChI=1S/C9H5Cl3FN3/c10-8(9(11)12)6-1-5(4-15-16-14)2-7(13)3-6/h1-3H,4H2. The zero-order chi connectivity index (χ0) is 12.1. The first-order chi connectivity index (χ1) is 7.54. The molecular weight excluding hydrogens is 275 g/mol. The van der Waals surface area contributed by atoms with Crippen LogP contribution in [0.2, 0.25) is 0 Å². The van der Waals surface area contributed by atoms with E-state index in [1.807, 2.05) is 0 Å². The minimum atomic E-state index is -0.506. The van der Waals surface area contributed by atoms with Gasteiger partial charge in [0, 0.05) is 4.91 Å². The summed E-state index contributed by atoms with van der Waals surface area (Å²) in [6.07, 6.45) is 0. The summed E-state index contributed by atoms with van der Waals surface area (Å²) in [6, 6.07) is 3.97. The zero-order valence-electron chi connectivity index (χ0n) is 7.79. The Morgan fingerprint density at radius 3 is 2.56 bits per heavy atom. The van der Waals surface area contributed by atoms with Gasteiger partial charge in [0.2, 0.25) is 0 Å². The molecule has 0 saturated heterocycles. The fourth-order valence-electron chi connectivity index (χ4n) is 1.09. The Labute approximate surface area is 106 Å². The Balaban J connectivity index is 3.17. The van der Waals surface area contributed by atoms with Crippen LogP contribution in [-0.4, -0.2) is 0 Å². The van der Waals surface area contributed by atoms with Crippen LogP contribution >= 0.6 is 34.8 Å². The van der Waals surface area contributed by atoms with Gasteiger partial charge in [-0.15, -0.1) is 0 Å². The normalized spacial score (nSPS) is 9.50. The van der Waals surface area contributed by atoms with Crippen molar-refractivity contribution in [3.8, 4) is 0 Å². The fraction of sp³-hybridized carbons (Fsp3) is 0.111. The lowest BCUT2D eigenvalue weighted by Gasteiger charge is -2.03. The van der Waals surface area contributed by atoms with Crippen LogP contribution < -0.4 is 0 Å². The van der Waals surface area contributed by atoms with Crippen LogP contribution in [-0.2, 0) is 6.54 Å².